The third-order valence-electron chi connectivity index (χ3n) is 3.48. The van der Waals surface area contributed by atoms with E-state index in [9.17, 15) is 0 Å². The zero-order chi connectivity index (χ0) is 14.0. The average molecular weight is 267 g/mol. The van der Waals surface area contributed by atoms with E-state index in [0.717, 1.165) is 11.0 Å². The first kappa shape index (κ1) is 12.8. The Balaban J connectivity index is 2.05. The van der Waals surface area contributed by atoms with Crippen LogP contribution in [-0.2, 0) is 10.5 Å². The lowest BCUT2D eigenvalue weighted by atomic mass is 9.97. The van der Waals surface area contributed by atoms with Crippen LogP contribution in [-0.4, -0.2) is 22.1 Å². The van der Waals surface area contributed by atoms with Gasteiger partial charge in [-0.25, -0.2) is 0 Å². The van der Waals surface area contributed by atoms with E-state index in [-0.39, 0.29) is 0 Å². The molecule has 20 heavy (non-hydrogen) atoms. The number of hydrogen-bond acceptors (Lipinski definition) is 3. The molecule has 0 spiro atoms. The maximum atomic E-state index is 5.75. The van der Waals surface area contributed by atoms with Crippen molar-refractivity contribution in [3.63, 3.8) is 0 Å². The number of aromatic nitrogens is 3. The SMILES string of the molecule is CC=CC1=CC=CC(OC)(n2nc3ccccc3n2)C1. The van der Waals surface area contributed by atoms with Crippen molar-refractivity contribution >= 4 is 11.0 Å². The molecule has 0 saturated carbocycles. The van der Waals surface area contributed by atoms with E-state index in [1.165, 1.54) is 5.57 Å². The summed E-state index contributed by atoms with van der Waals surface area (Å²) in [7, 11) is 1.69. The van der Waals surface area contributed by atoms with Gasteiger partial charge < -0.3 is 4.74 Å². The predicted molar refractivity (Wildman–Crippen MR) is 79.2 cm³/mol. The highest BCUT2D eigenvalue weighted by molar-refractivity contribution is 5.73. The normalized spacial score (nSPS) is 22.6. The summed E-state index contributed by atoms with van der Waals surface area (Å²) in [6, 6.07) is 7.83. The summed E-state index contributed by atoms with van der Waals surface area (Å²) in [5.41, 5.74) is 2.29. The van der Waals surface area contributed by atoms with Gasteiger partial charge in [-0.15, -0.1) is 4.80 Å². The molecule has 1 aliphatic rings. The Morgan fingerprint density at radius 1 is 1.25 bits per heavy atom. The molecule has 102 valence electrons. The van der Waals surface area contributed by atoms with Gasteiger partial charge in [0.2, 0.25) is 5.72 Å². The summed E-state index contributed by atoms with van der Waals surface area (Å²) in [6.07, 6.45) is 10.9. The molecule has 1 aliphatic carbocycles. The minimum Gasteiger partial charge on any atom is -0.352 e. The maximum absolute atomic E-state index is 5.75. The van der Waals surface area contributed by atoms with Crippen molar-refractivity contribution in [2.24, 2.45) is 0 Å². The first-order valence-electron chi connectivity index (χ1n) is 6.66. The quantitative estimate of drug-likeness (QED) is 0.857. The molecule has 4 nitrogen and oxygen atoms in total. The van der Waals surface area contributed by atoms with Gasteiger partial charge in [0, 0.05) is 13.5 Å². The van der Waals surface area contributed by atoms with Gasteiger partial charge in [-0.2, -0.15) is 10.2 Å². The van der Waals surface area contributed by atoms with Crippen LogP contribution in [0.3, 0.4) is 0 Å². The molecule has 2 aromatic rings. The van der Waals surface area contributed by atoms with Crippen LogP contribution in [0.4, 0.5) is 0 Å². The first-order valence-corrected chi connectivity index (χ1v) is 6.66. The standard InChI is InChI=1S/C16H17N3O/c1-3-7-13-8-6-11-16(12-13,20-2)19-17-14-9-4-5-10-15(14)18-19/h3-11H,12H2,1-2H3. The minimum absolute atomic E-state index is 0.650. The van der Waals surface area contributed by atoms with E-state index < -0.39 is 5.72 Å². The van der Waals surface area contributed by atoms with Crippen LogP contribution in [0.15, 0.2) is 60.2 Å². The largest absolute Gasteiger partial charge is 0.352 e. The minimum atomic E-state index is -0.650. The number of fused-ring (bicyclic) bond motifs is 1. The van der Waals surface area contributed by atoms with Gasteiger partial charge in [-0.1, -0.05) is 36.4 Å². The molecule has 1 heterocycles. The zero-order valence-electron chi connectivity index (χ0n) is 11.7. The van der Waals surface area contributed by atoms with Crippen LogP contribution in [0.2, 0.25) is 0 Å². The third-order valence-corrected chi connectivity index (χ3v) is 3.48. The van der Waals surface area contributed by atoms with Crippen LogP contribution in [0.1, 0.15) is 13.3 Å². The molecule has 1 aromatic carbocycles. The number of hydrogen-bond donors (Lipinski definition) is 0. The van der Waals surface area contributed by atoms with Gasteiger partial charge >= 0.3 is 0 Å². The lowest BCUT2D eigenvalue weighted by Gasteiger charge is -2.30. The molecule has 0 N–H and O–H groups in total. The van der Waals surface area contributed by atoms with E-state index in [1.54, 1.807) is 11.9 Å². The number of ether oxygens (including phenoxy) is 1. The molecule has 0 radical (unpaired) electrons. The second-order valence-electron chi connectivity index (χ2n) is 4.80. The Kier molecular flexibility index (Phi) is 3.24. The highest BCUT2D eigenvalue weighted by Crippen LogP contribution is 2.31. The highest BCUT2D eigenvalue weighted by Gasteiger charge is 2.33. The topological polar surface area (TPSA) is 39.9 Å². The second kappa shape index (κ2) is 5.06. The molecule has 0 aliphatic heterocycles. The van der Waals surface area contributed by atoms with Gasteiger partial charge in [0.25, 0.3) is 0 Å². The molecule has 1 unspecified atom stereocenters. The van der Waals surface area contributed by atoms with Crippen LogP contribution in [0, 0.1) is 0 Å². The number of methoxy groups -OCH3 is 1. The van der Waals surface area contributed by atoms with Crippen LogP contribution in [0.25, 0.3) is 11.0 Å². The summed E-state index contributed by atoms with van der Waals surface area (Å²) < 4.78 is 5.75. The Hall–Kier alpha value is -2.20. The fourth-order valence-corrected chi connectivity index (χ4v) is 2.45. The summed E-state index contributed by atoms with van der Waals surface area (Å²) >= 11 is 0. The lowest BCUT2D eigenvalue weighted by molar-refractivity contribution is -0.0544. The average Bonchev–Trinajstić information content (AvgIpc) is 2.92. The van der Waals surface area contributed by atoms with E-state index in [4.69, 9.17) is 4.74 Å². The van der Waals surface area contributed by atoms with Crippen LogP contribution >= 0.6 is 0 Å². The summed E-state index contributed by atoms with van der Waals surface area (Å²) in [5.74, 6) is 0. The molecule has 4 heteroatoms. The highest BCUT2D eigenvalue weighted by atomic mass is 16.5. The molecule has 3 rings (SSSR count). The Bertz CT molecular complexity index is 678. The van der Waals surface area contributed by atoms with Crippen molar-refractivity contribution in [2.45, 2.75) is 19.1 Å². The fourth-order valence-electron chi connectivity index (χ4n) is 2.45. The Morgan fingerprint density at radius 3 is 2.55 bits per heavy atom. The second-order valence-corrected chi connectivity index (χ2v) is 4.80. The third kappa shape index (κ3) is 2.08. The molecule has 0 amide bonds. The maximum Gasteiger partial charge on any atom is 0.202 e. The Morgan fingerprint density at radius 2 is 1.95 bits per heavy atom. The predicted octanol–water partition coefficient (Wildman–Crippen LogP) is 3.19. The monoisotopic (exact) mass is 267 g/mol. The number of rotatable bonds is 3. The summed E-state index contributed by atoms with van der Waals surface area (Å²) in [5, 5.41) is 9.10. The van der Waals surface area contributed by atoms with Crippen molar-refractivity contribution in [3.05, 3.63) is 60.2 Å². The Labute approximate surface area is 118 Å². The van der Waals surface area contributed by atoms with Gasteiger partial charge in [-0.3, -0.25) is 0 Å². The molecule has 1 aromatic heterocycles. The van der Waals surface area contributed by atoms with Crippen LogP contribution < -0.4 is 0 Å². The van der Waals surface area contributed by atoms with Gasteiger partial charge in [0.05, 0.1) is 0 Å². The molecular formula is C16H17N3O. The van der Waals surface area contributed by atoms with Crippen LogP contribution in [0.5, 0.6) is 0 Å². The van der Waals surface area contributed by atoms with Crippen molar-refractivity contribution in [1.29, 1.82) is 0 Å². The van der Waals surface area contributed by atoms with Crippen molar-refractivity contribution in [1.82, 2.24) is 15.0 Å². The van der Waals surface area contributed by atoms with E-state index in [2.05, 4.69) is 22.3 Å². The van der Waals surface area contributed by atoms with Gasteiger partial charge in [0.1, 0.15) is 11.0 Å². The van der Waals surface area contributed by atoms with Gasteiger partial charge in [0.15, 0.2) is 0 Å². The molecule has 1 atom stereocenters. The molecule has 0 saturated heterocycles. The summed E-state index contributed by atoms with van der Waals surface area (Å²) in [4.78, 5) is 1.67. The number of nitrogens with zero attached hydrogens (tertiary/aromatic N) is 3. The molecule has 0 bridgehead atoms. The first-order chi connectivity index (χ1) is 9.77. The van der Waals surface area contributed by atoms with Crippen molar-refractivity contribution in [2.75, 3.05) is 7.11 Å². The lowest BCUT2D eigenvalue weighted by Crippen LogP contribution is -2.37. The zero-order valence-corrected chi connectivity index (χ0v) is 11.7. The van der Waals surface area contributed by atoms with E-state index in [1.807, 2.05) is 49.4 Å². The van der Waals surface area contributed by atoms with E-state index in [0.29, 0.717) is 6.42 Å². The molecule has 0 fully saturated rings. The molecular weight excluding hydrogens is 250 g/mol. The number of allylic oxidation sites excluding steroid dienone is 4. The van der Waals surface area contributed by atoms with Gasteiger partial charge in [-0.05, 0) is 30.7 Å². The van der Waals surface area contributed by atoms with Crippen molar-refractivity contribution < 1.29 is 4.74 Å². The smallest absolute Gasteiger partial charge is 0.202 e. The summed E-state index contributed by atoms with van der Waals surface area (Å²) in [6.45, 7) is 2.01. The van der Waals surface area contributed by atoms with E-state index >= 15 is 0 Å². The fraction of sp³-hybridized carbons (Fsp3) is 0.250. The van der Waals surface area contributed by atoms with Crippen molar-refractivity contribution in [3.8, 4) is 0 Å². The number of benzene rings is 1.